The van der Waals surface area contributed by atoms with E-state index in [4.69, 9.17) is 11.1 Å². The third-order valence-electron chi connectivity index (χ3n) is 3.09. The number of hydrogen-bond acceptors (Lipinski definition) is 4. The summed E-state index contributed by atoms with van der Waals surface area (Å²) in [6.45, 7) is 2.86. The van der Waals surface area contributed by atoms with Crippen molar-refractivity contribution in [1.29, 1.82) is 5.41 Å². The van der Waals surface area contributed by atoms with Crippen molar-refractivity contribution in [2.45, 2.75) is 31.8 Å². The Labute approximate surface area is 110 Å². The van der Waals surface area contributed by atoms with Crippen LogP contribution in [0.3, 0.4) is 0 Å². The second-order valence-electron chi connectivity index (χ2n) is 4.53. The molecule has 0 aliphatic carbocycles. The maximum Gasteiger partial charge on any atom is 0.237 e. The van der Waals surface area contributed by atoms with E-state index in [0.717, 1.165) is 29.8 Å². The second-order valence-corrected chi connectivity index (χ2v) is 5.47. The minimum absolute atomic E-state index is 0.0435. The number of nitrogens with two attached hydrogens (primary N) is 1. The first-order valence-corrected chi connectivity index (χ1v) is 6.92. The molecule has 98 valence electrons. The molecule has 1 fully saturated rings. The molecule has 0 bridgehead atoms. The number of amides is 1. The van der Waals surface area contributed by atoms with E-state index in [-0.39, 0.29) is 23.8 Å². The number of hydrogen-bond donors (Lipinski definition) is 4. The summed E-state index contributed by atoms with van der Waals surface area (Å²) in [7, 11) is 0. The van der Waals surface area contributed by atoms with Crippen LogP contribution in [0.2, 0.25) is 0 Å². The van der Waals surface area contributed by atoms with Crippen LogP contribution in [0.15, 0.2) is 11.4 Å². The summed E-state index contributed by atoms with van der Waals surface area (Å²) >= 11 is 1.51. The smallest absolute Gasteiger partial charge is 0.237 e. The van der Waals surface area contributed by atoms with Crippen LogP contribution in [-0.4, -0.2) is 24.3 Å². The highest BCUT2D eigenvalue weighted by Crippen LogP contribution is 2.22. The third-order valence-corrected chi connectivity index (χ3v) is 4.21. The van der Waals surface area contributed by atoms with Crippen LogP contribution in [-0.2, 0) is 4.79 Å². The molecule has 6 heteroatoms. The van der Waals surface area contributed by atoms with E-state index < -0.39 is 0 Å². The molecule has 5 N–H and O–H groups in total. The van der Waals surface area contributed by atoms with Gasteiger partial charge in [-0.15, -0.1) is 11.3 Å². The van der Waals surface area contributed by atoms with E-state index in [1.165, 1.54) is 11.3 Å². The number of carbonyl (C=O) groups is 1. The van der Waals surface area contributed by atoms with Gasteiger partial charge in [0.15, 0.2) is 0 Å². The molecule has 1 aliphatic heterocycles. The molecule has 2 atom stereocenters. The summed E-state index contributed by atoms with van der Waals surface area (Å²) in [6, 6.07) is 1.76. The second kappa shape index (κ2) is 5.49. The van der Waals surface area contributed by atoms with Gasteiger partial charge in [-0.3, -0.25) is 10.2 Å². The van der Waals surface area contributed by atoms with E-state index >= 15 is 0 Å². The van der Waals surface area contributed by atoms with Gasteiger partial charge in [0.2, 0.25) is 5.91 Å². The zero-order valence-corrected chi connectivity index (χ0v) is 11.1. The minimum Gasteiger partial charge on any atom is -0.384 e. The number of rotatable bonds is 4. The van der Waals surface area contributed by atoms with Crippen LogP contribution in [0, 0.1) is 5.41 Å². The Balaban J connectivity index is 1.95. The SMILES string of the molecule is C[C@@H](NC(=O)[C@@H]1CCCN1)c1cc(C(=N)N)cs1. The first kappa shape index (κ1) is 13.0. The molecule has 5 nitrogen and oxygen atoms in total. The number of thiophene rings is 1. The van der Waals surface area contributed by atoms with E-state index in [2.05, 4.69) is 10.6 Å². The van der Waals surface area contributed by atoms with Crippen molar-refractivity contribution in [2.24, 2.45) is 5.73 Å². The van der Waals surface area contributed by atoms with E-state index in [1.807, 2.05) is 18.4 Å². The fourth-order valence-corrected chi connectivity index (χ4v) is 2.93. The summed E-state index contributed by atoms with van der Waals surface area (Å²) in [6.07, 6.45) is 1.96. The van der Waals surface area contributed by atoms with Crippen LogP contribution in [0.4, 0.5) is 0 Å². The Bertz CT molecular complexity index is 451. The summed E-state index contributed by atoms with van der Waals surface area (Å²) < 4.78 is 0. The molecule has 0 saturated carbocycles. The van der Waals surface area contributed by atoms with Crippen LogP contribution < -0.4 is 16.4 Å². The van der Waals surface area contributed by atoms with Crippen molar-refractivity contribution in [3.8, 4) is 0 Å². The standard InChI is InChI=1S/C12H18N4OS/c1-7(10-5-8(6-18-10)11(13)14)16-12(17)9-3-2-4-15-9/h5-7,9,15H,2-4H2,1H3,(H3,13,14)(H,16,17)/t7-,9+/m1/s1. The molecule has 0 unspecified atom stereocenters. The van der Waals surface area contributed by atoms with E-state index in [1.54, 1.807) is 0 Å². The summed E-state index contributed by atoms with van der Waals surface area (Å²) in [5.74, 6) is 0.117. The topological polar surface area (TPSA) is 91.0 Å². The molecule has 0 aromatic carbocycles. The van der Waals surface area contributed by atoms with Crippen molar-refractivity contribution < 1.29 is 4.79 Å². The molecular formula is C12H18N4OS. The van der Waals surface area contributed by atoms with Crippen molar-refractivity contribution >= 4 is 23.1 Å². The summed E-state index contributed by atoms with van der Waals surface area (Å²) in [5.41, 5.74) is 6.14. The van der Waals surface area contributed by atoms with Gasteiger partial charge in [-0.2, -0.15) is 0 Å². The summed E-state index contributed by atoms with van der Waals surface area (Å²) in [5, 5.41) is 15.4. The number of nitrogen functional groups attached to an aromatic ring is 1. The maximum absolute atomic E-state index is 11.9. The molecule has 1 saturated heterocycles. The average Bonchev–Trinajstić information content (AvgIpc) is 3.00. The predicted molar refractivity (Wildman–Crippen MR) is 72.9 cm³/mol. The van der Waals surface area contributed by atoms with Gasteiger partial charge in [0, 0.05) is 15.8 Å². The van der Waals surface area contributed by atoms with Crippen LogP contribution in [0.1, 0.15) is 36.2 Å². The lowest BCUT2D eigenvalue weighted by Gasteiger charge is -2.16. The molecule has 1 aromatic rings. The Morgan fingerprint density at radius 1 is 1.72 bits per heavy atom. The third kappa shape index (κ3) is 2.88. The maximum atomic E-state index is 11.9. The highest BCUT2D eigenvalue weighted by molar-refractivity contribution is 7.10. The molecule has 18 heavy (non-hydrogen) atoms. The van der Waals surface area contributed by atoms with Crippen LogP contribution >= 0.6 is 11.3 Å². The lowest BCUT2D eigenvalue weighted by atomic mass is 10.2. The average molecular weight is 266 g/mol. The predicted octanol–water partition coefficient (Wildman–Crippen LogP) is 0.961. The van der Waals surface area contributed by atoms with Gasteiger partial charge in [-0.1, -0.05) is 0 Å². The fourth-order valence-electron chi connectivity index (χ4n) is 2.01. The lowest BCUT2D eigenvalue weighted by molar-refractivity contribution is -0.123. The molecule has 0 spiro atoms. The lowest BCUT2D eigenvalue weighted by Crippen LogP contribution is -2.41. The van der Waals surface area contributed by atoms with Gasteiger partial charge < -0.3 is 16.4 Å². The van der Waals surface area contributed by atoms with E-state index in [9.17, 15) is 4.79 Å². The van der Waals surface area contributed by atoms with Crippen molar-refractivity contribution in [2.75, 3.05) is 6.54 Å². The molecule has 2 rings (SSSR count). The molecule has 2 heterocycles. The Morgan fingerprint density at radius 3 is 3.06 bits per heavy atom. The van der Waals surface area contributed by atoms with Gasteiger partial charge in [0.25, 0.3) is 0 Å². The molecule has 1 aromatic heterocycles. The number of carbonyl (C=O) groups excluding carboxylic acids is 1. The zero-order chi connectivity index (χ0) is 13.1. The van der Waals surface area contributed by atoms with Crippen LogP contribution in [0.5, 0.6) is 0 Å². The first-order chi connectivity index (χ1) is 8.58. The minimum atomic E-state index is -0.0558. The monoisotopic (exact) mass is 266 g/mol. The molecule has 1 amide bonds. The largest absolute Gasteiger partial charge is 0.384 e. The molecule has 0 radical (unpaired) electrons. The van der Waals surface area contributed by atoms with Gasteiger partial charge in [0.1, 0.15) is 5.84 Å². The molecular weight excluding hydrogens is 248 g/mol. The van der Waals surface area contributed by atoms with Crippen molar-refractivity contribution in [3.63, 3.8) is 0 Å². The number of nitrogens with one attached hydrogen (secondary N) is 3. The zero-order valence-electron chi connectivity index (χ0n) is 10.3. The van der Waals surface area contributed by atoms with Crippen molar-refractivity contribution in [3.05, 3.63) is 21.9 Å². The van der Waals surface area contributed by atoms with Gasteiger partial charge >= 0.3 is 0 Å². The quantitative estimate of drug-likeness (QED) is 0.483. The van der Waals surface area contributed by atoms with Gasteiger partial charge in [0.05, 0.1) is 12.1 Å². The van der Waals surface area contributed by atoms with Crippen LogP contribution in [0.25, 0.3) is 0 Å². The summed E-state index contributed by atoms with van der Waals surface area (Å²) in [4.78, 5) is 13.0. The Hall–Kier alpha value is -1.40. The Kier molecular flexibility index (Phi) is 3.98. The van der Waals surface area contributed by atoms with Crippen molar-refractivity contribution in [1.82, 2.24) is 10.6 Å². The Morgan fingerprint density at radius 2 is 2.50 bits per heavy atom. The van der Waals surface area contributed by atoms with Gasteiger partial charge in [-0.25, -0.2) is 0 Å². The fraction of sp³-hybridized carbons (Fsp3) is 0.500. The van der Waals surface area contributed by atoms with E-state index in [0.29, 0.717) is 0 Å². The van der Waals surface area contributed by atoms with Gasteiger partial charge in [-0.05, 0) is 32.4 Å². The number of amidine groups is 1. The highest BCUT2D eigenvalue weighted by Gasteiger charge is 2.23. The first-order valence-electron chi connectivity index (χ1n) is 6.04. The molecule has 1 aliphatic rings. The highest BCUT2D eigenvalue weighted by atomic mass is 32.1. The normalized spacial score (nSPS) is 20.6.